The first-order chi connectivity index (χ1) is 19.0. The maximum Gasteiger partial charge on any atom is 0.271 e. The molecule has 0 radical (unpaired) electrons. The summed E-state index contributed by atoms with van der Waals surface area (Å²) in [7, 11) is 0. The molecule has 0 saturated carbocycles. The number of carbonyl (C=O) groups is 1. The molecule has 1 aromatic heterocycles. The van der Waals surface area contributed by atoms with Crippen LogP contribution in [0.25, 0.3) is 5.69 Å². The summed E-state index contributed by atoms with van der Waals surface area (Å²) in [4.78, 5) is 17.6. The van der Waals surface area contributed by atoms with Crippen LogP contribution < -0.4 is 5.43 Å². The number of halogens is 1. The summed E-state index contributed by atoms with van der Waals surface area (Å²) in [5.74, 6) is -0.518. The zero-order chi connectivity index (χ0) is 27.2. The highest BCUT2D eigenvalue weighted by Crippen LogP contribution is 2.20. The minimum atomic E-state index is -0.267. The molecule has 3 aromatic carbocycles. The van der Waals surface area contributed by atoms with Crippen molar-refractivity contribution in [3.05, 3.63) is 124 Å². The zero-order valence-electron chi connectivity index (χ0n) is 22.5. The average molecular weight is 524 g/mol. The Hall–Kier alpha value is -4.07. The van der Waals surface area contributed by atoms with Crippen molar-refractivity contribution in [1.82, 2.24) is 19.8 Å². The number of rotatable bonds is 8. The van der Waals surface area contributed by atoms with Gasteiger partial charge in [-0.3, -0.25) is 14.6 Å². The van der Waals surface area contributed by atoms with Crippen molar-refractivity contribution in [1.29, 1.82) is 0 Å². The second-order valence-corrected chi connectivity index (χ2v) is 10.1. The van der Waals surface area contributed by atoms with Crippen LogP contribution in [0.15, 0.2) is 90.0 Å². The monoisotopic (exact) mass is 523 g/mol. The van der Waals surface area contributed by atoms with Gasteiger partial charge in [0.15, 0.2) is 0 Å². The molecular weight excluding hydrogens is 489 g/mol. The van der Waals surface area contributed by atoms with Gasteiger partial charge in [-0.1, -0.05) is 42.5 Å². The van der Waals surface area contributed by atoms with Crippen LogP contribution in [0.4, 0.5) is 4.39 Å². The smallest absolute Gasteiger partial charge is 0.271 e. The van der Waals surface area contributed by atoms with Crippen LogP contribution in [-0.2, 0) is 13.1 Å². The molecule has 0 unspecified atom stereocenters. The Morgan fingerprint density at radius 2 is 1.44 bits per heavy atom. The number of aromatic nitrogens is 1. The van der Waals surface area contributed by atoms with Crippen molar-refractivity contribution in [2.24, 2.45) is 5.10 Å². The van der Waals surface area contributed by atoms with E-state index in [1.165, 1.54) is 23.3 Å². The fourth-order valence-electron chi connectivity index (χ4n) is 5.10. The van der Waals surface area contributed by atoms with E-state index in [1.807, 2.05) is 48.7 Å². The van der Waals surface area contributed by atoms with Gasteiger partial charge in [0.25, 0.3) is 5.91 Å². The molecule has 0 bridgehead atoms. The normalized spacial score (nSPS) is 14.6. The predicted molar refractivity (Wildman–Crippen MR) is 154 cm³/mol. The number of amides is 1. The molecule has 4 aromatic rings. The number of hydrogen-bond acceptors (Lipinski definition) is 4. The van der Waals surface area contributed by atoms with Crippen LogP contribution >= 0.6 is 0 Å². The molecule has 200 valence electrons. The Kier molecular flexibility index (Phi) is 8.30. The third kappa shape index (κ3) is 6.69. The number of nitrogens with one attached hydrogen (secondary N) is 1. The van der Waals surface area contributed by atoms with Gasteiger partial charge in [-0.25, -0.2) is 9.82 Å². The largest absolute Gasteiger partial charge is 0.318 e. The fourth-order valence-corrected chi connectivity index (χ4v) is 5.10. The third-order valence-electron chi connectivity index (χ3n) is 7.26. The molecule has 0 spiro atoms. The van der Waals surface area contributed by atoms with Gasteiger partial charge in [-0.2, -0.15) is 5.10 Å². The van der Waals surface area contributed by atoms with Gasteiger partial charge in [0.05, 0.1) is 6.21 Å². The summed E-state index contributed by atoms with van der Waals surface area (Å²) in [5, 5.41) is 4.18. The molecular formula is C32H34FN5O. The van der Waals surface area contributed by atoms with E-state index in [-0.39, 0.29) is 11.7 Å². The Morgan fingerprint density at radius 1 is 0.846 bits per heavy atom. The fraction of sp³-hybridized carbons (Fsp3) is 0.250. The Balaban J connectivity index is 1.11. The highest BCUT2D eigenvalue weighted by Gasteiger charge is 2.17. The first kappa shape index (κ1) is 26.5. The third-order valence-corrected chi connectivity index (χ3v) is 7.26. The molecule has 1 N–H and O–H groups in total. The van der Waals surface area contributed by atoms with Crippen molar-refractivity contribution in [3.63, 3.8) is 0 Å². The summed E-state index contributed by atoms with van der Waals surface area (Å²) in [5.41, 5.74) is 9.48. The highest BCUT2D eigenvalue weighted by atomic mass is 19.1. The predicted octanol–water partition coefficient (Wildman–Crippen LogP) is 5.31. The number of carbonyl (C=O) groups excluding carboxylic acids is 1. The van der Waals surface area contributed by atoms with Gasteiger partial charge < -0.3 is 4.57 Å². The number of hydrazone groups is 1. The molecule has 2 heterocycles. The molecule has 0 aliphatic carbocycles. The Morgan fingerprint density at radius 3 is 2.05 bits per heavy atom. The lowest BCUT2D eigenvalue weighted by molar-refractivity contribution is 0.0955. The quantitative estimate of drug-likeness (QED) is 0.251. The summed E-state index contributed by atoms with van der Waals surface area (Å²) in [6, 6.07) is 26.7. The maximum atomic E-state index is 13.3. The standard InChI is InChI=1S/C32H34FN5O/c1-24-20-29(25(2)38(24)31-14-12-30(33)13-15-31)21-34-35-32(39)28-10-8-27(9-11-28)23-37-18-16-36(17-19-37)22-26-6-4-3-5-7-26/h3-15,20-21H,16-19,22-23H2,1-2H3,(H,35,39)/b34-21+. The van der Waals surface area contributed by atoms with E-state index in [1.54, 1.807) is 18.3 Å². The summed E-state index contributed by atoms with van der Waals surface area (Å²) >= 11 is 0. The van der Waals surface area contributed by atoms with E-state index in [9.17, 15) is 9.18 Å². The van der Waals surface area contributed by atoms with Gasteiger partial charge in [-0.05, 0) is 67.4 Å². The second-order valence-electron chi connectivity index (χ2n) is 10.1. The SMILES string of the molecule is Cc1cc(/C=N/NC(=O)c2ccc(CN3CCN(Cc4ccccc4)CC3)cc2)c(C)n1-c1ccc(F)cc1. The Labute approximate surface area is 229 Å². The molecule has 1 amide bonds. The van der Waals surface area contributed by atoms with Gasteiger partial charge in [-0.15, -0.1) is 0 Å². The number of aryl methyl sites for hydroxylation is 1. The molecule has 0 atom stereocenters. The van der Waals surface area contributed by atoms with Crippen molar-refractivity contribution >= 4 is 12.1 Å². The van der Waals surface area contributed by atoms with Crippen molar-refractivity contribution < 1.29 is 9.18 Å². The van der Waals surface area contributed by atoms with Crippen LogP contribution in [0, 0.1) is 19.7 Å². The summed E-state index contributed by atoms with van der Waals surface area (Å²) < 4.78 is 15.4. The van der Waals surface area contributed by atoms with E-state index in [0.717, 1.165) is 61.9 Å². The van der Waals surface area contributed by atoms with Gasteiger partial charge in [0, 0.05) is 67.5 Å². The molecule has 1 fully saturated rings. The van der Waals surface area contributed by atoms with E-state index < -0.39 is 0 Å². The Bertz CT molecular complexity index is 1420. The number of hydrogen-bond donors (Lipinski definition) is 1. The van der Waals surface area contributed by atoms with Gasteiger partial charge in [0.1, 0.15) is 5.82 Å². The lowest BCUT2D eigenvalue weighted by Crippen LogP contribution is -2.45. The average Bonchev–Trinajstić information content (AvgIpc) is 3.23. The number of piperazine rings is 1. The first-order valence-corrected chi connectivity index (χ1v) is 13.3. The molecule has 39 heavy (non-hydrogen) atoms. The van der Waals surface area contributed by atoms with E-state index in [0.29, 0.717) is 5.56 Å². The highest BCUT2D eigenvalue weighted by molar-refractivity contribution is 5.95. The molecule has 1 aliphatic heterocycles. The minimum absolute atomic E-state index is 0.250. The van der Waals surface area contributed by atoms with Gasteiger partial charge in [0.2, 0.25) is 0 Å². The molecule has 1 saturated heterocycles. The van der Waals surface area contributed by atoms with E-state index in [4.69, 9.17) is 0 Å². The van der Waals surface area contributed by atoms with Crippen LogP contribution in [0.2, 0.25) is 0 Å². The van der Waals surface area contributed by atoms with Crippen molar-refractivity contribution in [2.75, 3.05) is 26.2 Å². The first-order valence-electron chi connectivity index (χ1n) is 13.3. The lowest BCUT2D eigenvalue weighted by atomic mass is 10.1. The molecule has 5 rings (SSSR count). The molecule has 7 heteroatoms. The zero-order valence-corrected chi connectivity index (χ0v) is 22.5. The summed E-state index contributed by atoms with van der Waals surface area (Å²) in [6.07, 6.45) is 1.64. The summed E-state index contributed by atoms with van der Waals surface area (Å²) in [6.45, 7) is 10.0. The lowest BCUT2D eigenvalue weighted by Gasteiger charge is -2.34. The molecule has 6 nitrogen and oxygen atoms in total. The maximum absolute atomic E-state index is 13.3. The minimum Gasteiger partial charge on any atom is -0.318 e. The van der Waals surface area contributed by atoms with Crippen molar-refractivity contribution in [2.45, 2.75) is 26.9 Å². The number of benzene rings is 3. The van der Waals surface area contributed by atoms with Crippen LogP contribution in [0.5, 0.6) is 0 Å². The van der Waals surface area contributed by atoms with Crippen LogP contribution in [0.1, 0.15) is 38.4 Å². The van der Waals surface area contributed by atoms with Gasteiger partial charge >= 0.3 is 0 Å². The molecule has 1 aliphatic rings. The number of nitrogens with zero attached hydrogens (tertiary/aromatic N) is 4. The van der Waals surface area contributed by atoms with E-state index >= 15 is 0 Å². The topological polar surface area (TPSA) is 52.9 Å². The van der Waals surface area contributed by atoms with Crippen LogP contribution in [0.3, 0.4) is 0 Å². The van der Waals surface area contributed by atoms with E-state index in [2.05, 4.69) is 50.7 Å². The van der Waals surface area contributed by atoms with Crippen LogP contribution in [-0.4, -0.2) is 52.7 Å². The second kappa shape index (κ2) is 12.2. The van der Waals surface area contributed by atoms with Crippen molar-refractivity contribution in [3.8, 4) is 5.69 Å².